The van der Waals surface area contributed by atoms with Gasteiger partial charge in [0.2, 0.25) is 0 Å². The van der Waals surface area contributed by atoms with Gasteiger partial charge in [-0.05, 0) is 59.7 Å². The van der Waals surface area contributed by atoms with Crippen molar-refractivity contribution in [2.45, 2.75) is 70.6 Å². The summed E-state index contributed by atoms with van der Waals surface area (Å²) in [6.07, 6.45) is 2.13. The molecule has 0 spiro atoms. The third kappa shape index (κ3) is 6.06. The van der Waals surface area contributed by atoms with E-state index in [1.807, 2.05) is 0 Å². The zero-order chi connectivity index (χ0) is 14.7. The lowest BCUT2D eigenvalue weighted by Gasteiger charge is -2.47. The highest BCUT2D eigenvalue weighted by Gasteiger charge is 2.37. The third-order valence-electron chi connectivity index (χ3n) is 3.32. The lowest BCUT2D eigenvalue weighted by Crippen LogP contribution is -2.63. The van der Waals surface area contributed by atoms with Crippen LogP contribution < -0.4 is 16.0 Å². The third-order valence-corrected chi connectivity index (χ3v) is 3.56. The monoisotopic (exact) mass is 287 g/mol. The van der Waals surface area contributed by atoms with E-state index < -0.39 is 0 Å². The number of piperidine rings is 1. The summed E-state index contributed by atoms with van der Waals surface area (Å²) < 4.78 is 5.10. The molecule has 0 radical (unpaired) electrons. The van der Waals surface area contributed by atoms with E-state index in [2.05, 4.69) is 50.6 Å². The Morgan fingerprint density at radius 3 is 2.32 bits per heavy atom. The molecule has 1 fully saturated rings. The van der Waals surface area contributed by atoms with Gasteiger partial charge >= 0.3 is 0 Å². The summed E-state index contributed by atoms with van der Waals surface area (Å²) in [5, 5.41) is 11.1. The van der Waals surface area contributed by atoms with E-state index in [1.165, 1.54) is 0 Å². The van der Waals surface area contributed by atoms with Crippen LogP contribution in [0.4, 0.5) is 0 Å². The second-order valence-corrected chi connectivity index (χ2v) is 7.38. The van der Waals surface area contributed by atoms with Crippen LogP contribution in [0.5, 0.6) is 0 Å². The molecule has 1 heterocycles. The summed E-state index contributed by atoms with van der Waals surface area (Å²) in [4.78, 5) is 0. The van der Waals surface area contributed by atoms with Crippen LogP contribution in [0.2, 0.25) is 0 Å². The average Bonchev–Trinajstić information content (AvgIpc) is 2.10. The SMILES string of the molecule is COC[C@@H](C)NC(=S)NC1CC(C)(C)NC(C)(C)C1. The van der Waals surface area contributed by atoms with Gasteiger partial charge in [0, 0.05) is 30.3 Å². The molecule has 0 amide bonds. The van der Waals surface area contributed by atoms with Gasteiger partial charge in [-0.1, -0.05) is 0 Å². The smallest absolute Gasteiger partial charge is 0.166 e. The molecular weight excluding hydrogens is 258 g/mol. The van der Waals surface area contributed by atoms with Crippen LogP contribution in [0.25, 0.3) is 0 Å². The number of hydrogen-bond donors (Lipinski definition) is 3. The number of hydrogen-bond acceptors (Lipinski definition) is 3. The van der Waals surface area contributed by atoms with Crippen molar-refractivity contribution >= 4 is 17.3 Å². The molecule has 112 valence electrons. The first-order chi connectivity index (χ1) is 8.63. The molecule has 1 saturated heterocycles. The van der Waals surface area contributed by atoms with Gasteiger partial charge in [0.15, 0.2) is 5.11 Å². The zero-order valence-electron chi connectivity index (χ0n) is 13.1. The fraction of sp³-hybridized carbons (Fsp3) is 0.929. The summed E-state index contributed by atoms with van der Waals surface area (Å²) in [6.45, 7) is 11.7. The number of rotatable bonds is 4. The first kappa shape index (κ1) is 16.7. The van der Waals surface area contributed by atoms with E-state index in [4.69, 9.17) is 17.0 Å². The second kappa shape index (κ2) is 6.37. The number of ether oxygens (including phenoxy) is 1. The molecule has 5 heteroatoms. The number of thiocarbonyl (C=S) groups is 1. The van der Waals surface area contributed by atoms with Gasteiger partial charge in [-0.3, -0.25) is 0 Å². The van der Waals surface area contributed by atoms with Crippen LogP contribution in [-0.2, 0) is 4.74 Å². The van der Waals surface area contributed by atoms with Gasteiger partial charge in [-0.15, -0.1) is 0 Å². The van der Waals surface area contributed by atoms with Crippen molar-refractivity contribution in [2.24, 2.45) is 0 Å². The Bertz CT molecular complexity index is 302. The molecule has 1 atom stereocenters. The maximum Gasteiger partial charge on any atom is 0.166 e. The summed E-state index contributed by atoms with van der Waals surface area (Å²) >= 11 is 5.38. The molecule has 0 unspecified atom stereocenters. The molecule has 0 aromatic carbocycles. The predicted octanol–water partition coefficient (Wildman–Crippen LogP) is 1.79. The van der Waals surface area contributed by atoms with Crippen molar-refractivity contribution < 1.29 is 4.74 Å². The molecule has 1 rings (SSSR count). The summed E-state index contributed by atoms with van der Waals surface area (Å²) in [5.41, 5.74) is 0.264. The van der Waals surface area contributed by atoms with E-state index in [-0.39, 0.29) is 17.1 Å². The van der Waals surface area contributed by atoms with Crippen LogP contribution in [0.3, 0.4) is 0 Å². The minimum Gasteiger partial charge on any atom is -0.383 e. The Balaban J connectivity index is 2.49. The molecule has 1 aliphatic heterocycles. The largest absolute Gasteiger partial charge is 0.383 e. The minimum absolute atomic E-state index is 0.132. The van der Waals surface area contributed by atoms with E-state index >= 15 is 0 Å². The average molecular weight is 287 g/mol. The quantitative estimate of drug-likeness (QED) is 0.688. The highest BCUT2D eigenvalue weighted by molar-refractivity contribution is 7.80. The van der Waals surface area contributed by atoms with Crippen molar-refractivity contribution in [3.05, 3.63) is 0 Å². The van der Waals surface area contributed by atoms with E-state index in [1.54, 1.807) is 7.11 Å². The normalized spacial score (nSPS) is 23.7. The summed E-state index contributed by atoms with van der Waals surface area (Å²) in [7, 11) is 1.70. The molecule has 1 aliphatic rings. The van der Waals surface area contributed by atoms with E-state index in [0.29, 0.717) is 12.6 Å². The highest BCUT2D eigenvalue weighted by Crippen LogP contribution is 2.28. The molecule has 4 nitrogen and oxygen atoms in total. The van der Waals surface area contributed by atoms with Crippen molar-refractivity contribution in [3.63, 3.8) is 0 Å². The van der Waals surface area contributed by atoms with Gasteiger partial charge in [0.1, 0.15) is 0 Å². The Morgan fingerprint density at radius 2 is 1.84 bits per heavy atom. The summed E-state index contributed by atoms with van der Waals surface area (Å²) in [6, 6.07) is 0.633. The van der Waals surface area contributed by atoms with Crippen LogP contribution in [-0.4, -0.2) is 42.0 Å². The van der Waals surface area contributed by atoms with Crippen LogP contribution in [0, 0.1) is 0 Å². The molecule has 0 bridgehead atoms. The Kier molecular flexibility index (Phi) is 5.59. The number of methoxy groups -OCH3 is 1. The fourth-order valence-corrected chi connectivity index (χ4v) is 3.53. The molecule has 0 aromatic heterocycles. The Morgan fingerprint density at radius 1 is 1.32 bits per heavy atom. The van der Waals surface area contributed by atoms with Crippen molar-refractivity contribution in [2.75, 3.05) is 13.7 Å². The maximum absolute atomic E-state index is 5.38. The van der Waals surface area contributed by atoms with Crippen LogP contribution >= 0.6 is 12.2 Å². The first-order valence-corrected chi connectivity index (χ1v) is 7.40. The predicted molar refractivity (Wildman–Crippen MR) is 84.5 cm³/mol. The molecule has 19 heavy (non-hydrogen) atoms. The van der Waals surface area contributed by atoms with Crippen molar-refractivity contribution in [3.8, 4) is 0 Å². The fourth-order valence-electron chi connectivity index (χ4n) is 3.17. The minimum atomic E-state index is 0.132. The van der Waals surface area contributed by atoms with Gasteiger partial charge in [-0.25, -0.2) is 0 Å². The summed E-state index contributed by atoms with van der Waals surface area (Å²) in [5.74, 6) is 0. The van der Waals surface area contributed by atoms with Gasteiger partial charge in [0.05, 0.1) is 6.61 Å². The zero-order valence-corrected chi connectivity index (χ0v) is 13.9. The number of nitrogens with one attached hydrogen (secondary N) is 3. The van der Waals surface area contributed by atoms with Gasteiger partial charge < -0.3 is 20.7 Å². The lowest BCUT2D eigenvalue weighted by atomic mass is 9.80. The Labute approximate surface area is 123 Å². The van der Waals surface area contributed by atoms with E-state index in [9.17, 15) is 0 Å². The Hall–Kier alpha value is -0.390. The first-order valence-electron chi connectivity index (χ1n) is 6.99. The molecular formula is C14H29N3OS. The molecule has 0 aliphatic carbocycles. The second-order valence-electron chi connectivity index (χ2n) is 6.97. The maximum atomic E-state index is 5.38. The van der Waals surface area contributed by atoms with Crippen molar-refractivity contribution in [1.82, 2.24) is 16.0 Å². The molecule has 0 aromatic rings. The van der Waals surface area contributed by atoms with Crippen LogP contribution in [0.15, 0.2) is 0 Å². The topological polar surface area (TPSA) is 45.3 Å². The van der Waals surface area contributed by atoms with E-state index in [0.717, 1.165) is 18.0 Å². The van der Waals surface area contributed by atoms with Crippen molar-refractivity contribution in [1.29, 1.82) is 0 Å². The van der Waals surface area contributed by atoms with Crippen LogP contribution in [0.1, 0.15) is 47.5 Å². The van der Waals surface area contributed by atoms with Gasteiger partial charge in [0.25, 0.3) is 0 Å². The van der Waals surface area contributed by atoms with Gasteiger partial charge in [-0.2, -0.15) is 0 Å². The molecule has 3 N–H and O–H groups in total. The lowest BCUT2D eigenvalue weighted by molar-refractivity contribution is 0.154. The highest BCUT2D eigenvalue weighted by atomic mass is 32.1. The molecule has 0 saturated carbocycles. The standard InChI is InChI=1S/C14H29N3OS/c1-10(9-18-6)15-12(19)16-11-7-13(2,3)17-14(4,5)8-11/h10-11,17H,7-9H2,1-6H3,(H2,15,16,19)/t10-/m1/s1.